The van der Waals surface area contributed by atoms with Crippen molar-refractivity contribution in [3.05, 3.63) is 56.8 Å². The van der Waals surface area contributed by atoms with Gasteiger partial charge in [0.2, 0.25) is 0 Å². The number of furan rings is 1. The van der Waals surface area contributed by atoms with Crippen molar-refractivity contribution in [1.29, 1.82) is 0 Å². The molecule has 2 heterocycles. The standard InChI is InChI=1S/C14H7BrCl2N2O2/c15-13-4-3-12(21-13)14-8(7-20)6-19(18-14)9-1-2-10(16)11(17)5-9/h1-7H. The van der Waals surface area contributed by atoms with Crippen molar-refractivity contribution < 1.29 is 9.21 Å². The first-order valence-corrected chi connectivity index (χ1v) is 7.39. The molecule has 0 amide bonds. The fraction of sp³-hybridized carbons (Fsp3) is 0. The van der Waals surface area contributed by atoms with Crippen LogP contribution in [0.1, 0.15) is 10.4 Å². The summed E-state index contributed by atoms with van der Waals surface area (Å²) in [4.78, 5) is 11.2. The molecule has 0 fully saturated rings. The van der Waals surface area contributed by atoms with Crippen LogP contribution in [0.5, 0.6) is 0 Å². The topological polar surface area (TPSA) is 48.0 Å². The largest absolute Gasteiger partial charge is 0.448 e. The highest BCUT2D eigenvalue weighted by molar-refractivity contribution is 9.10. The number of aldehydes is 1. The van der Waals surface area contributed by atoms with Crippen molar-refractivity contribution in [1.82, 2.24) is 9.78 Å². The van der Waals surface area contributed by atoms with Crippen LogP contribution < -0.4 is 0 Å². The summed E-state index contributed by atoms with van der Waals surface area (Å²) in [5.74, 6) is 0.503. The molecule has 0 aliphatic heterocycles. The van der Waals surface area contributed by atoms with Crippen LogP contribution in [0.4, 0.5) is 0 Å². The minimum Gasteiger partial charge on any atom is -0.448 e. The summed E-state index contributed by atoms with van der Waals surface area (Å²) >= 11 is 15.1. The molecule has 0 bridgehead atoms. The lowest BCUT2D eigenvalue weighted by Crippen LogP contribution is -1.94. The number of hydrogen-bond donors (Lipinski definition) is 0. The van der Waals surface area contributed by atoms with Crippen molar-refractivity contribution >= 4 is 45.4 Å². The summed E-state index contributed by atoms with van der Waals surface area (Å²) in [7, 11) is 0. The van der Waals surface area contributed by atoms with E-state index in [2.05, 4.69) is 21.0 Å². The van der Waals surface area contributed by atoms with Crippen LogP contribution in [0.15, 0.2) is 45.6 Å². The van der Waals surface area contributed by atoms with Gasteiger partial charge >= 0.3 is 0 Å². The van der Waals surface area contributed by atoms with E-state index < -0.39 is 0 Å². The first-order valence-electron chi connectivity index (χ1n) is 5.84. The van der Waals surface area contributed by atoms with E-state index in [1.165, 1.54) is 0 Å². The summed E-state index contributed by atoms with van der Waals surface area (Å²) in [6.07, 6.45) is 2.34. The first kappa shape index (κ1) is 14.4. The fourth-order valence-corrected chi connectivity index (χ4v) is 2.47. The average molecular weight is 386 g/mol. The van der Waals surface area contributed by atoms with Gasteiger partial charge < -0.3 is 4.42 Å². The number of rotatable bonds is 3. The third-order valence-corrected chi connectivity index (χ3v) is 4.01. The molecule has 0 saturated heterocycles. The highest BCUT2D eigenvalue weighted by Crippen LogP contribution is 2.28. The molecule has 0 aliphatic carbocycles. The van der Waals surface area contributed by atoms with Gasteiger partial charge in [0.05, 0.1) is 21.3 Å². The lowest BCUT2D eigenvalue weighted by molar-refractivity contribution is 0.112. The van der Waals surface area contributed by atoms with Gasteiger partial charge in [-0.3, -0.25) is 4.79 Å². The van der Waals surface area contributed by atoms with Crippen molar-refractivity contribution in [3.8, 4) is 17.1 Å². The second-order valence-electron chi connectivity index (χ2n) is 4.20. The zero-order chi connectivity index (χ0) is 15.0. The second-order valence-corrected chi connectivity index (χ2v) is 5.79. The summed E-state index contributed by atoms with van der Waals surface area (Å²) in [5, 5.41) is 5.25. The molecule has 7 heteroatoms. The minimum absolute atomic E-state index is 0.416. The Hall–Kier alpha value is -1.56. The third-order valence-electron chi connectivity index (χ3n) is 2.84. The van der Waals surface area contributed by atoms with E-state index in [1.807, 2.05) is 0 Å². The van der Waals surface area contributed by atoms with Gasteiger partial charge in [-0.15, -0.1) is 0 Å². The first-order chi connectivity index (χ1) is 10.1. The van der Waals surface area contributed by atoms with Gasteiger partial charge in [0.1, 0.15) is 5.69 Å². The summed E-state index contributed by atoms with van der Waals surface area (Å²) in [6.45, 7) is 0. The molecular formula is C14H7BrCl2N2O2. The zero-order valence-electron chi connectivity index (χ0n) is 10.4. The summed E-state index contributed by atoms with van der Waals surface area (Å²) in [5.41, 5.74) is 1.58. The van der Waals surface area contributed by atoms with Gasteiger partial charge in [-0.05, 0) is 46.3 Å². The van der Waals surface area contributed by atoms with E-state index in [4.69, 9.17) is 27.6 Å². The Balaban J connectivity index is 2.10. The highest BCUT2D eigenvalue weighted by atomic mass is 79.9. The van der Waals surface area contributed by atoms with Crippen molar-refractivity contribution in [3.63, 3.8) is 0 Å². The number of halogens is 3. The van der Waals surface area contributed by atoms with Crippen LogP contribution >= 0.6 is 39.1 Å². The molecule has 0 radical (unpaired) electrons. The van der Waals surface area contributed by atoms with Crippen LogP contribution in [0.2, 0.25) is 10.0 Å². The Morgan fingerprint density at radius 3 is 2.62 bits per heavy atom. The Labute approximate surface area is 138 Å². The second kappa shape index (κ2) is 5.67. The smallest absolute Gasteiger partial charge is 0.169 e. The molecular weight excluding hydrogens is 379 g/mol. The van der Waals surface area contributed by atoms with Crippen LogP contribution in [0, 0.1) is 0 Å². The van der Waals surface area contributed by atoms with E-state index in [9.17, 15) is 4.79 Å². The van der Waals surface area contributed by atoms with E-state index in [0.29, 0.717) is 37.4 Å². The van der Waals surface area contributed by atoms with Gasteiger partial charge in [0, 0.05) is 6.20 Å². The zero-order valence-corrected chi connectivity index (χ0v) is 13.5. The number of nitrogens with zero attached hydrogens (tertiary/aromatic N) is 2. The van der Waals surface area contributed by atoms with Crippen molar-refractivity contribution in [2.75, 3.05) is 0 Å². The lowest BCUT2D eigenvalue weighted by atomic mass is 10.2. The molecule has 0 saturated carbocycles. The van der Waals surface area contributed by atoms with Gasteiger partial charge in [0.25, 0.3) is 0 Å². The van der Waals surface area contributed by atoms with E-state index in [1.54, 1.807) is 41.2 Å². The fourth-order valence-electron chi connectivity index (χ4n) is 1.87. The molecule has 3 rings (SSSR count). The van der Waals surface area contributed by atoms with Crippen molar-refractivity contribution in [2.24, 2.45) is 0 Å². The maximum absolute atomic E-state index is 11.2. The Kier molecular flexibility index (Phi) is 3.89. The highest BCUT2D eigenvalue weighted by Gasteiger charge is 2.15. The van der Waals surface area contributed by atoms with Crippen LogP contribution in [-0.2, 0) is 0 Å². The third kappa shape index (κ3) is 2.77. The predicted octanol–water partition coefficient (Wildman–Crippen LogP) is 5.01. The number of hydrogen-bond acceptors (Lipinski definition) is 3. The predicted molar refractivity (Wildman–Crippen MR) is 84.4 cm³/mol. The van der Waals surface area contributed by atoms with Crippen LogP contribution in [0.25, 0.3) is 17.1 Å². The maximum Gasteiger partial charge on any atom is 0.169 e. The molecule has 3 aromatic rings. The normalized spacial score (nSPS) is 10.8. The molecule has 1 aromatic carbocycles. The van der Waals surface area contributed by atoms with Crippen LogP contribution in [-0.4, -0.2) is 16.1 Å². The van der Waals surface area contributed by atoms with Gasteiger partial charge in [-0.1, -0.05) is 23.2 Å². The molecule has 0 spiro atoms. The molecule has 2 aromatic heterocycles. The number of carbonyl (C=O) groups excluding carboxylic acids is 1. The monoisotopic (exact) mass is 384 g/mol. The number of carbonyl (C=O) groups is 1. The Morgan fingerprint density at radius 1 is 1.19 bits per heavy atom. The molecule has 0 atom stereocenters. The Morgan fingerprint density at radius 2 is 2.00 bits per heavy atom. The summed E-state index contributed by atoms with van der Waals surface area (Å²) < 4.78 is 7.56. The summed E-state index contributed by atoms with van der Waals surface area (Å²) in [6, 6.07) is 8.58. The molecule has 0 aliphatic rings. The number of benzene rings is 1. The maximum atomic E-state index is 11.2. The minimum atomic E-state index is 0.416. The molecule has 21 heavy (non-hydrogen) atoms. The van der Waals surface area contributed by atoms with Gasteiger partial charge in [-0.25, -0.2) is 4.68 Å². The molecule has 0 unspecified atom stereocenters. The van der Waals surface area contributed by atoms with Crippen molar-refractivity contribution in [2.45, 2.75) is 0 Å². The van der Waals surface area contributed by atoms with E-state index in [0.717, 1.165) is 6.29 Å². The Bertz CT molecular complexity index is 826. The average Bonchev–Trinajstić information content (AvgIpc) is 3.07. The molecule has 106 valence electrons. The van der Waals surface area contributed by atoms with Crippen LogP contribution in [0.3, 0.4) is 0 Å². The van der Waals surface area contributed by atoms with Gasteiger partial charge in [-0.2, -0.15) is 5.10 Å². The SMILES string of the molecule is O=Cc1cn(-c2ccc(Cl)c(Cl)c2)nc1-c1ccc(Br)o1. The quantitative estimate of drug-likeness (QED) is 0.595. The molecule has 0 N–H and O–H groups in total. The van der Waals surface area contributed by atoms with E-state index in [-0.39, 0.29) is 0 Å². The van der Waals surface area contributed by atoms with E-state index >= 15 is 0 Å². The van der Waals surface area contributed by atoms with Gasteiger partial charge in [0.15, 0.2) is 16.7 Å². The lowest BCUT2D eigenvalue weighted by Gasteiger charge is -2.02. The molecule has 4 nitrogen and oxygen atoms in total. The number of aromatic nitrogens is 2.